The van der Waals surface area contributed by atoms with Crippen molar-refractivity contribution in [3.8, 4) is 0 Å². The average Bonchev–Trinajstić information content (AvgIpc) is 1.63. The summed E-state index contributed by atoms with van der Waals surface area (Å²) in [6.07, 6.45) is 0. The van der Waals surface area contributed by atoms with Gasteiger partial charge in [0.15, 0.2) is 0 Å². The number of hydrogen-bond acceptors (Lipinski definition) is 4. The van der Waals surface area contributed by atoms with Gasteiger partial charge < -0.3 is 9.05 Å². The van der Waals surface area contributed by atoms with Crippen molar-refractivity contribution in [2.24, 2.45) is 0 Å². The molecule has 0 saturated heterocycles. The van der Waals surface area contributed by atoms with Crippen molar-refractivity contribution in [2.75, 3.05) is 13.8 Å². The molecule has 0 heterocycles. The molecule has 0 N–H and O–H groups in total. The summed E-state index contributed by atoms with van der Waals surface area (Å²) in [7, 11) is -1.85. The van der Waals surface area contributed by atoms with Gasteiger partial charge in [-0.1, -0.05) is 0 Å². The monoisotopic (exact) mass is 152 g/mol. The molecule has 0 aliphatic rings. The minimum absolute atomic E-state index is 0.595. The summed E-state index contributed by atoms with van der Waals surface area (Å²) in [5, 5.41) is 0. The predicted octanol–water partition coefficient (Wildman–Crippen LogP) is 1.02. The Morgan fingerprint density at radius 2 is 2.00 bits per heavy atom. The van der Waals surface area contributed by atoms with Crippen LogP contribution >= 0.6 is 7.60 Å². The maximum Gasteiger partial charge on any atom is 0.377 e. The summed E-state index contributed by atoms with van der Waals surface area (Å²) < 4.78 is 19.4. The Bertz CT molecular complexity index is 153. The van der Waals surface area contributed by atoms with E-state index in [4.69, 9.17) is 0 Å². The molecule has 0 aliphatic heterocycles. The molecular weight excluding hydrogens is 143 g/mol. The fraction of sp³-hybridized carbons (Fsp3) is 0.750. The van der Waals surface area contributed by atoms with E-state index in [1.54, 1.807) is 0 Å². The molecular formula is C4H9O4P. The van der Waals surface area contributed by atoms with Crippen LogP contribution in [0.2, 0.25) is 0 Å². The minimum atomic E-state index is -3.08. The first-order valence-corrected chi connectivity index (χ1v) is 4.30. The molecule has 1 unspecified atom stereocenters. The van der Waals surface area contributed by atoms with Crippen molar-refractivity contribution in [2.45, 2.75) is 6.92 Å². The summed E-state index contributed by atoms with van der Waals surface area (Å²) in [4.78, 5) is 10.1. The van der Waals surface area contributed by atoms with Gasteiger partial charge in [-0.3, -0.25) is 4.79 Å². The van der Waals surface area contributed by atoms with Gasteiger partial charge in [-0.15, -0.1) is 0 Å². The molecule has 0 saturated carbocycles. The van der Waals surface area contributed by atoms with E-state index < -0.39 is 13.6 Å². The second-order valence-corrected chi connectivity index (χ2v) is 3.63. The van der Waals surface area contributed by atoms with Crippen molar-refractivity contribution in [1.29, 1.82) is 0 Å². The van der Waals surface area contributed by atoms with Gasteiger partial charge in [0.2, 0.25) is 0 Å². The number of hydrogen-bond donors (Lipinski definition) is 0. The molecule has 0 rings (SSSR count). The molecule has 0 spiro atoms. The maximum atomic E-state index is 10.7. The zero-order valence-electron chi connectivity index (χ0n) is 5.58. The van der Waals surface area contributed by atoms with Gasteiger partial charge in [-0.25, -0.2) is 4.57 Å². The molecule has 54 valence electrons. The zero-order chi connectivity index (χ0) is 7.49. The summed E-state index contributed by atoms with van der Waals surface area (Å²) in [6.45, 7) is 2.41. The second kappa shape index (κ2) is 2.99. The Kier molecular flexibility index (Phi) is 2.88. The molecule has 5 heteroatoms. The first kappa shape index (κ1) is 8.66. The molecule has 0 aliphatic carbocycles. The summed E-state index contributed by atoms with van der Waals surface area (Å²) in [5.74, 6) is -0.595. The van der Waals surface area contributed by atoms with E-state index in [9.17, 15) is 9.36 Å². The smallest absolute Gasteiger partial charge is 0.377 e. The van der Waals surface area contributed by atoms with E-state index in [0.29, 0.717) is 0 Å². The number of rotatable bonds is 2. The van der Waals surface area contributed by atoms with Crippen LogP contribution in [-0.2, 0) is 18.4 Å². The fourth-order valence-electron chi connectivity index (χ4n) is 0.271. The highest BCUT2D eigenvalue weighted by Gasteiger charge is 2.16. The summed E-state index contributed by atoms with van der Waals surface area (Å²) in [5.41, 5.74) is 0. The lowest BCUT2D eigenvalue weighted by atomic mass is 10.9. The Labute approximate surface area is 53.7 Å². The van der Waals surface area contributed by atoms with Crippen LogP contribution in [0.15, 0.2) is 0 Å². The van der Waals surface area contributed by atoms with E-state index in [1.807, 2.05) is 0 Å². The van der Waals surface area contributed by atoms with E-state index in [1.165, 1.54) is 20.7 Å². The van der Waals surface area contributed by atoms with Crippen molar-refractivity contribution in [3.63, 3.8) is 0 Å². The average molecular weight is 152 g/mol. The third kappa shape index (κ3) is 4.18. The molecule has 0 amide bonds. The van der Waals surface area contributed by atoms with Crippen molar-refractivity contribution in [3.05, 3.63) is 0 Å². The highest BCUT2D eigenvalue weighted by atomic mass is 31.2. The topological polar surface area (TPSA) is 52.6 Å². The van der Waals surface area contributed by atoms with Crippen LogP contribution in [-0.4, -0.2) is 19.7 Å². The van der Waals surface area contributed by atoms with Crippen molar-refractivity contribution in [1.82, 2.24) is 0 Å². The highest BCUT2D eigenvalue weighted by Crippen LogP contribution is 2.42. The first-order chi connectivity index (χ1) is 3.98. The van der Waals surface area contributed by atoms with E-state index >= 15 is 0 Å². The van der Waals surface area contributed by atoms with Crippen LogP contribution in [0, 0.1) is 0 Å². The van der Waals surface area contributed by atoms with Crippen LogP contribution in [0.25, 0.3) is 0 Å². The zero-order valence-corrected chi connectivity index (χ0v) is 6.47. The number of carbonyl (C=O) groups excluding carboxylic acids is 1. The lowest BCUT2D eigenvalue weighted by Crippen LogP contribution is -1.96. The van der Waals surface area contributed by atoms with Gasteiger partial charge in [0, 0.05) is 20.7 Å². The Morgan fingerprint density at radius 1 is 1.56 bits per heavy atom. The lowest BCUT2D eigenvalue weighted by molar-refractivity contribution is -0.132. The van der Waals surface area contributed by atoms with Crippen LogP contribution in [0.4, 0.5) is 0 Å². The molecule has 0 bridgehead atoms. The van der Waals surface area contributed by atoms with Gasteiger partial charge in [-0.2, -0.15) is 0 Å². The number of carbonyl (C=O) groups is 1. The highest BCUT2D eigenvalue weighted by molar-refractivity contribution is 7.53. The minimum Gasteiger partial charge on any atom is -0.392 e. The van der Waals surface area contributed by atoms with E-state index in [-0.39, 0.29) is 0 Å². The molecule has 9 heavy (non-hydrogen) atoms. The molecule has 0 aromatic rings. The van der Waals surface area contributed by atoms with Crippen molar-refractivity contribution >= 4 is 13.6 Å². The Hall–Kier alpha value is -0.340. The normalized spacial score (nSPS) is 16.3. The standard InChI is InChI=1S/C4H9O4P/c1-4(5)8-9(3,6)7-2/h1-3H3. The molecule has 0 radical (unpaired) electrons. The lowest BCUT2D eigenvalue weighted by Gasteiger charge is -2.07. The van der Waals surface area contributed by atoms with Crippen molar-refractivity contribution < 1.29 is 18.4 Å². The summed E-state index contributed by atoms with van der Waals surface area (Å²) >= 11 is 0. The Morgan fingerprint density at radius 3 is 2.11 bits per heavy atom. The van der Waals surface area contributed by atoms with Crippen LogP contribution in [0.1, 0.15) is 6.92 Å². The van der Waals surface area contributed by atoms with Crippen LogP contribution in [0.3, 0.4) is 0 Å². The van der Waals surface area contributed by atoms with Gasteiger partial charge >= 0.3 is 13.6 Å². The maximum absolute atomic E-state index is 10.7. The van der Waals surface area contributed by atoms with E-state index in [0.717, 1.165) is 0 Å². The third-order valence-electron chi connectivity index (χ3n) is 0.626. The first-order valence-electron chi connectivity index (χ1n) is 2.31. The Balaban J connectivity index is 3.88. The summed E-state index contributed by atoms with van der Waals surface area (Å²) in [6, 6.07) is 0. The second-order valence-electron chi connectivity index (χ2n) is 1.54. The van der Waals surface area contributed by atoms with Gasteiger partial charge in [0.25, 0.3) is 0 Å². The molecule has 0 aromatic carbocycles. The predicted molar refractivity (Wildman–Crippen MR) is 32.3 cm³/mol. The van der Waals surface area contributed by atoms with Crippen LogP contribution in [0.5, 0.6) is 0 Å². The van der Waals surface area contributed by atoms with Gasteiger partial charge in [-0.05, 0) is 0 Å². The molecule has 0 aromatic heterocycles. The van der Waals surface area contributed by atoms with Gasteiger partial charge in [0.05, 0.1) is 0 Å². The fourth-order valence-corrected chi connectivity index (χ4v) is 0.812. The van der Waals surface area contributed by atoms with Crippen LogP contribution < -0.4 is 0 Å². The SMILES string of the molecule is COP(C)(=O)OC(C)=O. The molecule has 1 atom stereocenters. The third-order valence-corrected chi connectivity index (χ3v) is 1.88. The largest absolute Gasteiger partial charge is 0.392 e. The quantitative estimate of drug-likeness (QED) is 0.554. The van der Waals surface area contributed by atoms with E-state index in [2.05, 4.69) is 9.05 Å². The van der Waals surface area contributed by atoms with Gasteiger partial charge in [0.1, 0.15) is 0 Å². The molecule has 0 fully saturated rings. The molecule has 4 nitrogen and oxygen atoms in total.